The summed E-state index contributed by atoms with van der Waals surface area (Å²) in [6.07, 6.45) is 0.943. The third-order valence-electron chi connectivity index (χ3n) is 4.71. The summed E-state index contributed by atoms with van der Waals surface area (Å²) in [6.45, 7) is 2.56. The third kappa shape index (κ3) is 4.91. The highest BCUT2D eigenvalue weighted by atomic mass is 32.2. The van der Waals surface area contributed by atoms with E-state index in [0.717, 1.165) is 18.2 Å². The number of hydrogen-bond donors (Lipinski definition) is 1. The van der Waals surface area contributed by atoms with E-state index in [2.05, 4.69) is 5.32 Å². The summed E-state index contributed by atoms with van der Waals surface area (Å²) in [4.78, 5) is 12.6. The molecule has 3 rings (SSSR count). The van der Waals surface area contributed by atoms with E-state index in [4.69, 9.17) is 4.74 Å². The number of sulfonamides is 1. The van der Waals surface area contributed by atoms with E-state index in [0.29, 0.717) is 25.2 Å². The number of carbonyl (C=O) groups is 1. The topological polar surface area (TPSA) is 75.7 Å². The molecule has 1 saturated heterocycles. The fourth-order valence-electron chi connectivity index (χ4n) is 3.23. The van der Waals surface area contributed by atoms with Gasteiger partial charge >= 0.3 is 0 Å². The van der Waals surface area contributed by atoms with Crippen LogP contribution in [0.4, 0.5) is 14.5 Å². The second-order valence-electron chi connectivity index (χ2n) is 6.72. The number of carbonyl (C=O) groups excluding carboxylic acids is 1. The zero-order chi connectivity index (χ0) is 21.0. The van der Waals surface area contributed by atoms with Crippen LogP contribution in [0.3, 0.4) is 0 Å². The number of piperidine rings is 1. The Kier molecular flexibility index (Phi) is 6.49. The van der Waals surface area contributed by atoms with E-state index in [1.165, 1.54) is 16.4 Å². The van der Waals surface area contributed by atoms with Crippen molar-refractivity contribution in [2.24, 2.45) is 5.92 Å². The maximum atomic E-state index is 13.8. The van der Waals surface area contributed by atoms with Crippen molar-refractivity contribution < 1.29 is 26.7 Å². The van der Waals surface area contributed by atoms with E-state index in [-0.39, 0.29) is 23.7 Å². The summed E-state index contributed by atoms with van der Waals surface area (Å²) >= 11 is 0. The average Bonchev–Trinajstić information content (AvgIpc) is 2.71. The second-order valence-corrected chi connectivity index (χ2v) is 8.66. The first-order chi connectivity index (χ1) is 13.8. The number of rotatable bonds is 6. The third-order valence-corrected chi connectivity index (χ3v) is 6.59. The lowest BCUT2D eigenvalue weighted by Gasteiger charge is -2.31. The zero-order valence-corrected chi connectivity index (χ0v) is 16.7. The van der Waals surface area contributed by atoms with Gasteiger partial charge < -0.3 is 10.1 Å². The van der Waals surface area contributed by atoms with Crippen LogP contribution in [-0.4, -0.2) is 38.3 Å². The lowest BCUT2D eigenvalue weighted by atomic mass is 9.98. The first kappa shape index (κ1) is 21.2. The normalized spacial score (nSPS) is 17.7. The number of ether oxygens (including phenoxy) is 1. The molecule has 2 aromatic carbocycles. The van der Waals surface area contributed by atoms with Gasteiger partial charge in [-0.05, 0) is 56.2 Å². The van der Waals surface area contributed by atoms with Crippen LogP contribution in [0.25, 0.3) is 0 Å². The maximum Gasteiger partial charge on any atom is 0.243 e. The fraction of sp³-hybridized carbons (Fsp3) is 0.350. The molecule has 1 aliphatic heterocycles. The number of anilines is 1. The predicted octanol–water partition coefficient (Wildman–Crippen LogP) is 3.40. The molecule has 1 fully saturated rings. The molecule has 29 heavy (non-hydrogen) atoms. The average molecular weight is 424 g/mol. The Morgan fingerprint density at radius 1 is 1.21 bits per heavy atom. The van der Waals surface area contributed by atoms with Crippen LogP contribution in [0.1, 0.15) is 19.8 Å². The number of hydrogen-bond acceptors (Lipinski definition) is 4. The van der Waals surface area contributed by atoms with Crippen molar-refractivity contribution in [3.05, 3.63) is 54.1 Å². The molecule has 156 valence electrons. The largest absolute Gasteiger partial charge is 0.494 e. The Balaban J connectivity index is 1.72. The van der Waals surface area contributed by atoms with E-state index in [1.54, 1.807) is 12.1 Å². The van der Waals surface area contributed by atoms with E-state index >= 15 is 0 Å². The molecule has 1 heterocycles. The molecule has 0 saturated carbocycles. The number of halogens is 2. The van der Waals surface area contributed by atoms with Crippen LogP contribution < -0.4 is 10.1 Å². The minimum absolute atomic E-state index is 0.0295. The predicted molar refractivity (Wildman–Crippen MR) is 104 cm³/mol. The highest BCUT2D eigenvalue weighted by Gasteiger charge is 2.33. The molecule has 0 radical (unpaired) electrons. The van der Waals surface area contributed by atoms with Gasteiger partial charge in [0.1, 0.15) is 17.4 Å². The van der Waals surface area contributed by atoms with Crippen LogP contribution in [0.5, 0.6) is 5.75 Å². The van der Waals surface area contributed by atoms with E-state index in [1.807, 2.05) is 6.92 Å². The van der Waals surface area contributed by atoms with Crippen LogP contribution in [0.15, 0.2) is 47.4 Å². The molecular weight excluding hydrogens is 402 g/mol. The van der Waals surface area contributed by atoms with Gasteiger partial charge in [-0.2, -0.15) is 4.31 Å². The van der Waals surface area contributed by atoms with Crippen molar-refractivity contribution >= 4 is 21.6 Å². The van der Waals surface area contributed by atoms with Gasteiger partial charge in [0.05, 0.1) is 23.1 Å². The Bertz CT molecular complexity index is 980. The Morgan fingerprint density at radius 3 is 2.62 bits per heavy atom. The summed E-state index contributed by atoms with van der Waals surface area (Å²) < 4.78 is 59.5. The molecule has 0 bridgehead atoms. The minimum atomic E-state index is -3.78. The standard InChI is InChI=1S/C20H22F2N2O4S/c1-2-28-16-6-8-17(9-7-16)29(26,27)24-11-3-4-14(13-24)20(25)23-19-12-15(21)5-10-18(19)22/h5-10,12,14H,2-4,11,13H2,1H3,(H,23,25)/t14-/m0/s1. The molecule has 1 aliphatic rings. The van der Waals surface area contributed by atoms with E-state index in [9.17, 15) is 22.0 Å². The van der Waals surface area contributed by atoms with Crippen molar-refractivity contribution in [1.29, 1.82) is 0 Å². The summed E-state index contributed by atoms with van der Waals surface area (Å²) in [5, 5.41) is 2.36. The van der Waals surface area contributed by atoms with Gasteiger partial charge in [-0.1, -0.05) is 0 Å². The lowest BCUT2D eigenvalue weighted by Crippen LogP contribution is -2.43. The first-order valence-electron chi connectivity index (χ1n) is 9.30. The van der Waals surface area contributed by atoms with Gasteiger partial charge in [0.15, 0.2) is 0 Å². The molecule has 0 spiro atoms. The zero-order valence-electron chi connectivity index (χ0n) is 15.9. The highest BCUT2D eigenvalue weighted by Crippen LogP contribution is 2.26. The SMILES string of the molecule is CCOc1ccc(S(=O)(=O)N2CCC[C@H](C(=O)Nc3cc(F)ccc3F)C2)cc1. The molecule has 1 amide bonds. The van der Waals surface area contributed by atoms with Crippen LogP contribution >= 0.6 is 0 Å². The molecule has 1 N–H and O–H groups in total. The molecule has 0 aliphatic carbocycles. The summed E-state index contributed by atoms with van der Waals surface area (Å²) in [7, 11) is -3.78. The molecule has 6 nitrogen and oxygen atoms in total. The number of benzene rings is 2. The van der Waals surface area contributed by atoms with Gasteiger partial charge in [0.25, 0.3) is 0 Å². The Morgan fingerprint density at radius 2 is 1.93 bits per heavy atom. The molecule has 1 atom stereocenters. The molecule has 2 aromatic rings. The number of nitrogens with zero attached hydrogens (tertiary/aromatic N) is 1. The van der Waals surface area contributed by atoms with Gasteiger partial charge in [0.2, 0.25) is 15.9 Å². The number of nitrogens with one attached hydrogen (secondary N) is 1. The van der Waals surface area contributed by atoms with Crippen LogP contribution in [0.2, 0.25) is 0 Å². The molecule has 0 aromatic heterocycles. The maximum absolute atomic E-state index is 13.8. The van der Waals surface area contributed by atoms with Crippen molar-refractivity contribution in [3.8, 4) is 5.75 Å². The molecular formula is C20H22F2N2O4S. The van der Waals surface area contributed by atoms with Crippen molar-refractivity contribution in [2.75, 3.05) is 25.0 Å². The first-order valence-corrected chi connectivity index (χ1v) is 10.7. The fourth-order valence-corrected chi connectivity index (χ4v) is 4.75. The van der Waals surface area contributed by atoms with Gasteiger partial charge in [-0.3, -0.25) is 4.79 Å². The smallest absolute Gasteiger partial charge is 0.243 e. The van der Waals surface area contributed by atoms with Gasteiger partial charge in [0, 0.05) is 19.2 Å². The minimum Gasteiger partial charge on any atom is -0.494 e. The quantitative estimate of drug-likeness (QED) is 0.771. The molecule has 0 unspecified atom stereocenters. The Labute approximate surface area is 168 Å². The van der Waals surface area contributed by atoms with Gasteiger partial charge in [-0.25, -0.2) is 17.2 Å². The van der Waals surface area contributed by atoms with Crippen molar-refractivity contribution in [2.45, 2.75) is 24.7 Å². The summed E-state index contributed by atoms with van der Waals surface area (Å²) in [6, 6.07) is 8.86. The Hall–Kier alpha value is -2.52. The summed E-state index contributed by atoms with van der Waals surface area (Å²) in [5.74, 6) is -2.07. The van der Waals surface area contributed by atoms with Gasteiger partial charge in [-0.15, -0.1) is 0 Å². The monoisotopic (exact) mass is 424 g/mol. The van der Waals surface area contributed by atoms with Crippen LogP contribution in [0, 0.1) is 17.6 Å². The number of amides is 1. The van der Waals surface area contributed by atoms with E-state index < -0.39 is 33.5 Å². The van der Waals surface area contributed by atoms with Crippen molar-refractivity contribution in [1.82, 2.24) is 4.31 Å². The second kappa shape index (κ2) is 8.87. The highest BCUT2D eigenvalue weighted by molar-refractivity contribution is 7.89. The van der Waals surface area contributed by atoms with Crippen LogP contribution in [-0.2, 0) is 14.8 Å². The molecule has 9 heteroatoms. The van der Waals surface area contributed by atoms with Crippen molar-refractivity contribution in [3.63, 3.8) is 0 Å². The lowest BCUT2D eigenvalue weighted by molar-refractivity contribution is -0.120. The summed E-state index contributed by atoms with van der Waals surface area (Å²) in [5.41, 5.74) is -0.263.